The van der Waals surface area contributed by atoms with Gasteiger partial charge >= 0.3 is 0 Å². The Morgan fingerprint density at radius 1 is 1.41 bits per heavy atom. The first-order valence-electron chi connectivity index (χ1n) is 5.42. The minimum absolute atomic E-state index is 0.131. The minimum Gasteiger partial charge on any atom is -0.243 e. The molecule has 17 heavy (non-hydrogen) atoms. The maximum absolute atomic E-state index is 12.0. The van der Waals surface area contributed by atoms with Crippen molar-refractivity contribution in [2.45, 2.75) is 44.0 Å². The summed E-state index contributed by atoms with van der Waals surface area (Å²) >= 11 is 5.62. The van der Waals surface area contributed by atoms with Crippen LogP contribution >= 0.6 is 11.6 Å². The smallest absolute Gasteiger partial charge is 0.242 e. The fourth-order valence-corrected chi connectivity index (χ4v) is 3.12. The summed E-state index contributed by atoms with van der Waals surface area (Å²) in [6.07, 6.45) is 2.94. The SMILES string of the molecule is CCCC(C)(C)NS(=O)(=O)c1ccc(Cl)nc1. The summed E-state index contributed by atoms with van der Waals surface area (Å²) in [6.45, 7) is 5.73. The lowest BCUT2D eigenvalue weighted by molar-refractivity contribution is 0.417. The zero-order valence-electron chi connectivity index (χ0n) is 10.2. The van der Waals surface area contributed by atoms with Crippen LogP contribution in [0, 0.1) is 0 Å². The summed E-state index contributed by atoms with van der Waals surface area (Å²) in [4.78, 5) is 3.90. The van der Waals surface area contributed by atoms with Crippen LogP contribution in [0.4, 0.5) is 0 Å². The van der Waals surface area contributed by atoms with Gasteiger partial charge in [0.05, 0.1) is 0 Å². The highest BCUT2D eigenvalue weighted by molar-refractivity contribution is 7.89. The van der Waals surface area contributed by atoms with Gasteiger partial charge in [0.2, 0.25) is 10.0 Å². The average Bonchev–Trinajstić information content (AvgIpc) is 2.16. The molecule has 1 heterocycles. The number of sulfonamides is 1. The first-order valence-corrected chi connectivity index (χ1v) is 7.28. The average molecular weight is 277 g/mol. The maximum atomic E-state index is 12.0. The topological polar surface area (TPSA) is 59.1 Å². The van der Waals surface area contributed by atoms with Gasteiger partial charge in [-0.2, -0.15) is 0 Å². The Morgan fingerprint density at radius 2 is 2.06 bits per heavy atom. The molecule has 1 aromatic heterocycles. The third-order valence-corrected chi connectivity index (χ3v) is 4.20. The second-order valence-corrected chi connectivity index (χ2v) is 6.63. The van der Waals surface area contributed by atoms with Gasteiger partial charge in [0.25, 0.3) is 0 Å². The summed E-state index contributed by atoms with van der Waals surface area (Å²) in [6, 6.07) is 2.91. The molecule has 0 aromatic carbocycles. The molecule has 0 aliphatic heterocycles. The van der Waals surface area contributed by atoms with Gasteiger partial charge in [0, 0.05) is 11.7 Å². The highest BCUT2D eigenvalue weighted by Crippen LogP contribution is 2.17. The summed E-state index contributed by atoms with van der Waals surface area (Å²) in [5.74, 6) is 0. The highest BCUT2D eigenvalue weighted by atomic mass is 35.5. The van der Waals surface area contributed by atoms with Crippen molar-refractivity contribution in [3.05, 3.63) is 23.5 Å². The number of hydrogen-bond donors (Lipinski definition) is 1. The predicted octanol–water partition coefficient (Wildman–Crippen LogP) is 2.59. The molecule has 4 nitrogen and oxygen atoms in total. The third-order valence-electron chi connectivity index (χ3n) is 2.30. The predicted molar refractivity (Wildman–Crippen MR) is 68.6 cm³/mol. The number of rotatable bonds is 5. The van der Waals surface area contributed by atoms with E-state index in [0.717, 1.165) is 12.8 Å². The van der Waals surface area contributed by atoms with Gasteiger partial charge in [-0.15, -0.1) is 0 Å². The van der Waals surface area contributed by atoms with Crippen LogP contribution in [0.15, 0.2) is 23.2 Å². The van der Waals surface area contributed by atoms with Gasteiger partial charge in [0.1, 0.15) is 10.0 Å². The Labute approximate surface area is 107 Å². The molecule has 0 saturated heterocycles. The lowest BCUT2D eigenvalue weighted by Crippen LogP contribution is -2.43. The van der Waals surface area contributed by atoms with E-state index in [1.165, 1.54) is 18.3 Å². The molecule has 0 radical (unpaired) electrons. The van der Waals surface area contributed by atoms with E-state index in [4.69, 9.17) is 11.6 Å². The normalized spacial score (nSPS) is 12.7. The van der Waals surface area contributed by atoms with Crippen LogP contribution in [0.25, 0.3) is 0 Å². The van der Waals surface area contributed by atoms with Crippen molar-refractivity contribution in [3.63, 3.8) is 0 Å². The first kappa shape index (κ1) is 14.4. The third kappa shape index (κ3) is 4.26. The molecular weight excluding hydrogens is 260 g/mol. The molecule has 1 N–H and O–H groups in total. The van der Waals surface area contributed by atoms with Crippen molar-refractivity contribution in [2.24, 2.45) is 0 Å². The van der Waals surface area contributed by atoms with Gasteiger partial charge < -0.3 is 0 Å². The Balaban J connectivity index is 2.93. The Bertz CT molecular complexity index is 469. The van der Waals surface area contributed by atoms with Crippen molar-refractivity contribution >= 4 is 21.6 Å². The number of halogens is 1. The van der Waals surface area contributed by atoms with E-state index in [0.29, 0.717) is 0 Å². The van der Waals surface area contributed by atoms with Crippen molar-refractivity contribution in [1.82, 2.24) is 9.71 Å². The van der Waals surface area contributed by atoms with Crippen LogP contribution in [0.1, 0.15) is 33.6 Å². The first-order chi connectivity index (χ1) is 7.77. The lowest BCUT2D eigenvalue weighted by Gasteiger charge is -2.25. The summed E-state index contributed by atoms with van der Waals surface area (Å²) in [7, 11) is -3.53. The van der Waals surface area contributed by atoms with E-state index < -0.39 is 15.6 Å². The molecule has 0 spiro atoms. The van der Waals surface area contributed by atoms with E-state index in [-0.39, 0.29) is 10.0 Å². The molecule has 0 aliphatic rings. The Hall–Kier alpha value is -0.650. The summed E-state index contributed by atoms with van der Waals surface area (Å²) in [5.41, 5.74) is -0.465. The molecular formula is C11H17ClN2O2S. The second-order valence-electron chi connectivity index (χ2n) is 4.56. The van der Waals surface area contributed by atoms with Crippen LogP contribution in [0.2, 0.25) is 5.15 Å². The van der Waals surface area contributed by atoms with Crippen molar-refractivity contribution in [3.8, 4) is 0 Å². The van der Waals surface area contributed by atoms with Crippen molar-refractivity contribution in [2.75, 3.05) is 0 Å². The van der Waals surface area contributed by atoms with Gasteiger partial charge in [0.15, 0.2) is 0 Å². The number of nitrogens with one attached hydrogen (secondary N) is 1. The van der Waals surface area contributed by atoms with E-state index in [1.54, 1.807) is 0 Å². The zero-order chi connectivity index (χ0) is 13.1. The molecule has 0 fully saturated rings. The van der Waals surface area contributed by atoms with Crippen LogP contribution in [0.3, 0.4) is 0 Å². The number of aromatic nitrogens is 1. The van der Waals surface area contributed by atoms with Crippen LogP contribution in [-0.2, 0) is 10.0 Å². The molecule has 0 unspecified atom stereocenters. The molecule has 96 valence electrons. The fraction of sp³-hybridized carbons (Fsp3) is 0.545. The highest BCUT2D eigenvalue weighted by Gasteiger charge is 2.25. The van der Waals surface area contributed by atoms with E-state index in [9.17, 15) is 8.42 Å². The van der Waals surface area contributed by atoms with Gasteiger partial charge in [-0.1, -0.05) is 24.9 Å². The number of hydrogen-bond acceptors (Lipinski definition) is 3. The lowest BCUT2D eigenvalue weighted by atomic mass is 10.0. The van der Waals surface area contributed by atoms with Gasteiger partial charge in [-0.05, 0) is 32.4 Å². The maximum Gasteiger partial charge on any atom is 0.242 e. The molecule has 0 saturated carbocycles. The Morgan fingerprint density at radius 3 is 2.53 bits per heavy atom. The van der Waals surface area contributed by atoms with Crippen molar-refractivity contribution in [1.29, 1.82) is 0 Å². The quantitative estimate of drug-likeness (QED) is 0.841. The number of pyridine rings is 1. The molecule has 0 atom stereocenters. The summed E-state index contributed by atoms with van der Waals surface area (Å²) in [5, 5.41) is 0.275. The standard InChI is InChI=1S/C11H17ClN2O2S/c1-4-7-11(2,3)14-17(15,16)9-5-6-10(12)13-8-9/h5-6,8,14H,4,7H2,1-3H3. The monoisotopic (exact) mass is 276 g/mol. The van der Waals surface area contributed by atoms with E-state index in [1.807, 2.05) is 20.8 Å². The van der Waals surface area contributed by atoms with Gasteiger partial charge in [-0.25, -0.2) is 18.1 Å². The molecule has 0 aliphatic carbocycles. The molecule has 0 bridgehead atoms. The molecule has 6 heteroatoms. The molecule has 0 amide bonds. The van der Waals surface area contributed by atoms with Crippen LogP contribution in [-0.4, -0.2) is 18.9 Å². The Kier molecular flexibility index (Phi) is 4.52. The fourth-order valence-electron chi connectivity index (χ4n) is 1.62. The largest absolute Gasteiger partial charge is 0.243 e. The molecule has 1 aromatic rings. The van der Waals surface area contributed by atoms with Gasteiger partial charge in [-0.3, -0.25) is 0 Å². The minimum atomic E-state index is -3.53. The van der Waals surface area contributed by atoms with E-state index in [2.05, 4.69) is 9.71 Å². The second kappa shape index (κ2) is 5.33. The van der Waals surface area contributed by atoms with Crippen LogP contribution < -0.4 is 4.72 Å². The van der Waals surface area contributed by atoms with Crippen molar-refractivity contribution < 1.29 is 8.42 Å². The number of nitrogens with zero attached hydrogens (tertiary/aromatic N) is 1. The molecule has 1 rings (SSSR count). The van der Waals surface area contributed by atoms with E-state index >= 15 is 0 Å². The summed E-state index contributed by atoms with van der Waals surface area (Å²) < 4.78 is 26.7. The van der Waals surface area contributed by atoms with Crippen LogP contribution in [0.5, 0.6) is 0 Å². The zero-order valence-corrected chi connectivity index (χ0v) is 11.8.